The van der Waals surface area contributed by atoms with Crippen LogP contribution >= 0.6 is 45.5 Å². The van der Waals surface area contributed by atoms with Gasteiger partial charge >= 0.3 is 5.97 Å². The summed E-state index contributed by atoms with van der Waals surface area (Å²) in [4.78, 5) is 32.9. The number of benzene rings is 1. The zero-order valence-corrected chi connectivity index (χ0v) is 18.3. The summed E-state index contributed by atoms with van der Waals surface area (Å²) in [6.45, 7) is 3.02. The lowest BCUT2D eigenvalue weighted by Gasteiger charge is -2.31. The molecule has 0 aliphatic carbocycles. The number of amides is 1. The van der Waals surface area contributed by atoms with Crippen LogP contribution in [0.3, 0.4) is 0 Å². The number of anilines is 1. The number of hydrogen-bond donors (Lipinski definition) is 1. The van der Waals surface area contributed by atoms with E-state index in [-0.39, 0.29) is 9.83 Å². The lowest BCUT2D eigenvalue weighted by molar-refractivity contribution is 0.0110. The van der Waals surface area contributed by atoms with E-state index in [1.54, 1.807) is 12.1 Å². The topological polar surface area (TPSA) is 80.8 Å². The van der Waals surface area contributed by atoms with Gasteiger partial charge in [-0.1, -0.05) is 51.6 Å². The fraction of sp³-hybridized carbons (Fsp3) is 0.389. The first-order valence-electron chi connectivity index (χ1n) is 8.80. The Hall–Kier alpha value is -1.43. The minimum absolute atomic E-state index is 0.191. The van der Waals surface area contributed by atoms with Gasteiger partial charge in [0.05, 0.1) is 22.7 Å². The van der Waals surface area contributed by atoms with Crippen LogP contribution in [0.4, 0.5) is 5.13 Å². The van der Waals surface area contributed by atoms with Crippen LogP contribution in [0.15, 0.2) is 18.2 Å². The van der Waals surface area contributed by atoms with E-state index in [1.165, 1.54) is 11.3 Å². The molecule has 4 heterocycles. The fourth-order valence-electron chi connectivity index (χ4n) is 3.83. The average Bonchev–Trinajstić information content (AvgIpc) is 3.25. The van der Waals surface area contributed by atoms with Crippen LogP contribution < -0.4 is 10.2 Å². The molecule has 10 heteroatoms. The largest absolute Gasteiger partial charge is 0.443 e. The summed E-state index contributed by atoms with van der Waals surface area (Å²) in [6, 6.07) is 5.16. The number of hydrogen-bond acceptors (Lipinski definition) is 7. The van der Waals surface area contributed by atoms with Crippen molar-refractivity contribution < 1.29 is 19.1 Å². The van der Waals surface area contributed by atoms with Gasteiger partial charge in [0, 0.05) is 30.2 Å². The molecular weight excluding hydrogens is 517 g/mol. The third kappa shape index (κ3) is 2.66. The summed E-state index contributed by atoms with van der Waals surface area (Å²) in [5, 5.41) is 4.15. The Labute approximate surface area is 183 Å². The molecule has 1 amide bonds. The Balaban J connectivity index is 1.72. The number of morpholine rings is 1. The molecule has 0 bridgehead atoms. The third-order valence-corrected chi connectivity index (χ3v) is 7.86. The molecule has 0 radical (unpaired) electrons. The highest BCUT2D eigenvalue weighted by molar-refractivity contribution is 14.1. The number of esters is 1. The van der Waals surface area contributed by atoms with Crippen molar-refractivity contribution in [2.75, 3.05) is 37.7 Å². The monoisotopic (exact) mass is 531 g/mol. The summed E-state index contributed by atoms with van der Waals surface area (Å²) in [5.74, 6) is -0.635. The maximum Gasteiger partial charge on any atom is 0.339 e. The molecule has 2 unspecified atom stereocenters. The maximum absolute atomic E-state index is 12.8. The number of carbonyl (C=O) groups is 2. The van der Waals surface area contributed by atoms with Crippen molar-refractivity contribution in [2.24, 2.45) is 0 Å². The lowest BCUT2D eigenvalue weighted by atomic mass is 9.86. The first kappa shape index (κ1) is 18.6. The minimum atomic E-state index is -1.12. The highest BCUT2D eigenvalue weighted by atomic mass is 127. The molecule has 5 rings (SSSR count). The van der Waals surface area contributed by atoms with Gasteiger partial charge in [-0.05, 0) is 12.1 Å². The van der Waals surface area contributed by atoms with Crippen LogP contribution in [0.25, 0.3) is 0 Å². The van der Waals surface area contributed by atoms with Gasteiger partial charge in [0.25, 0.3) is 5.91 Å². The Morgan fingerprint density at radius 1 is 1.32 bits per heavy atom. The molecule has 3 aliphatic heterocycles. The molecule has 146 valence electrons. The highest BCUT2D eigenvalue weighted by Crippen LogP contribution is 2.50. The molecule has 1 aromatic heterocycles. The first-order chi connectivity index (χ1) is 13.5. The predicted molar refractivity (Wildman–Crippen MR) is 113 cm³/mol. The zero-order valence-electron chi connectivity index (χ0n) is 14.5. The number of nitrogens with zero attached hydrogens (tertiary/aromatic N) is 2. The van der Waals surface area contributed by atoms with Gasteiger partial charge in [-0.15, -0.1) is 0 Å². The molecule has 28 heavy (non-hydrogen) atoms. The van der Waals surface area contributed by atoms with Gasteiger partial charge < -0.3 is 19.7 Å². The van der Waals surface area contributed by atoms with Crippen LogP contribution in [0.2, 0.25) is 5.02 Å². The molecule has 3 aliphatic rings. The van der Waals surface area contributed by atoms with Gasteiger partial charge in [0.15, 0.2) is 10.7 Å². The molecule has 1 fully saturated rings. The molecule has 7 nitrogen and oxygen atoms in total. The number of aromatic nitrogens is 1. The summed E-state index contributed by atoms with van der Waals surface area (Å²) in [7, 11) is 0. The van der Waals surface area contributed by atoms with Gasteiger partial charge in [-0.3, -0.25) is 4.79 Å². The second-order valence-corrected chi connectivity index (χ2v) is 9.68. The van der Waals surface area contributed by atoms with E-state index in [4.69, 9.17) is 26.1 Å². The Morgan fingerprint density at radius 2 is 2.11 bits per heavy atom. The molecule has 1 saturated heterocycles. The van der Waals surface area contributed by atoms with Crippen molar-refractivity contribution in [2.45, 2.75) is 9.53 Å². The van der Waals surface area contributed by atoms with E-state index in [9.17, 15) is 9.59 Å². The van der Waals surface area contributed by atoms with E-state index >= 15 is 0 Å². The lowest BCUT2D eigenvalue weighted by Crippen LogP contribution is -2.42. The highest BCUT2D eigenvalue weighted by Gasteiger charge is 2.56. The Morgan fingerprint density at radius 3 is 2.89 bits per heavy atom. The zero-order chi connectivity index (χ0) is 19.5. The van der Waals surface area contributed by atoms with E-state index in [0.29, 0.717) is 59.6 Å². The summed E-state index contributed by atoms with van der Waals surface area (Å²) in [5.41, 5.74) is 0.517. The Kier molecular flexibility index (Phi) is 4.53. The molecule has 2 aromatic rings. The van der Waals surface area contributed by atoms with Gasteiger partial charge in [-0.2, -0.15) is 0 Å². The van der Waals surface area contributed by atoms with Crippen molar-refractivity contribution in [1.82, 2.24) is 10.3 Å². The predicted octanol–water partition coefficient (Wildman–Crippen LogP) is 2.59. The van der Waals surface area contributed by atoms with Crippen LogP contribution in [-0.2, 0) is 15.1 Å². The fourth-order valence-corrected chi connectivity index (χ4v) is 6.07. The van der Waals surface area contributed by atoms with E-state index in [1.807, 2.05) is 6.07 Å². The second kappa shape index (κ2) is 6.82. The quantitative estimate of drug-likeness (QED) is 0.346. The van der Waals surface area contributed by atoms with Crippen molar-refractivity contribution in [3.63, 3.8) is 0 Å². The Bertz CT molecular complexity index is 993. The van der Waals surface area contributed by atoms with E-state index in [0.717, 1.165) is 5.13 Å². The smallest absolute Gasteiger partial charge is 0.339 e. The van der Waals surface area contributed by atoms with Gasteiger partial charge in [-0.25, -0.2) is 9.78 Å². The second-order valence-electron chi connectivity index (χ2n) is 6.77. The number of rotatable bonds is 1. The number of fused-ring (bicyclic) bond motifs is 4. The van der Waals surface area contributed by atoms with Gasteiger partial charge in [0.1, 0.15) is 10.6 Å². The van der Waals surface area contributed by atoms with Crippen LogP contribution in [-0.4, -0.2) is 53.6 Å². The van der Waals surface area contributed by atoms with Crippen molar-refractivity contribution in [1.29, 1.82) is 0 Å². The van der Waals surface area contributed by atoms with Crippen molar-refractivity contribution in [3.05, 3.63) is 44.9 Å². The van der Waals surface area contributed by atoms with Crippen LogP contribution in [0.1, 0.15) is 31.3 Å². The number of halogens is 2. The first-order valence-corrected chi connectivity index (χ1v) is 11.2. The molecule has 1 N–H and O–H groups in total. The minimum Gasteiger partial charge on any atom is -0.443 e. The van der Waals surface area contributed by atoms with Gasteiger partial charge in [0.2, 0.25) is 0 Å². The SMILES string of the molecule is O=C1OC2(c3ccc(Cl)cc31)c1nc(N3CCOCC3)sc1C(=O)NCC2I. The number of nitrogens with one attached hydrogen (secondary N) is 1. The molecule has 2 atom stereocenters. The van der Waals surface area contributed by atoms with Crippen molar-refractivity contribution >= 4 is 62.5 Å². The number of carbonyl (C=O) groups excluding carboxylic acids is 2. The number of thiazole rings is 1. The third-order valence-electron chi connectivity index (χ3n) is 5.19. The summed E-state index contributed by atoms with van der Waals surface area (Å²) >= 11 is 9.67. The van der Waals surface area contributed by atoms with E-state index < -0.39 is 11.6 Å². The normalized spacial score (nSPS) is 26.5. The van der Waals surface area contributed by atoms with Crippen LogP contribution in [0.5, 0.6) is 0 Å². The van der Waals surface area contributed by atoms with E-state index in [2.05, 4.69) is 32.8 Å². The maximum atomic E-state index is 12.8. The molecule has 1 aromatic carbocycles. The summed E-state index contributed by atoms with van der Waals surface area (Å²) in [6.07, 6.45) is 0. The summed E-state index contributed by atoms with van der Waals surface area (Å²) < 4.78 is 11.2. The molecular formula is C18H15ClIN3O4S. The standard InChI is InChI=1S/C18H15ClIN3O4S/c19-9-1-2-11-10(7-9)16(25)27-18(11)12(20)8-21-15(24)13-14(18)22-17(28-13)23-3-5-26-6-4-23/h1-2,7,12H,3-6,8H2,(H,21,24). The van der Waals surface area contributed by atoms with Crippen molar-refractivity contribution in [3.8, 4) is 0 Å². The molecule has 1 spiro atoms. The number of ether oxygens (including phenoxy) is 2. The number of alkyl halides is 1. The van der Waals surface area contributed by atoms with Crippen LogP contribution in [0, 0.1) is 0 Å². The molecule has 0 saturated carbocycles. The average molecular weight is 532 g/mol.